The third kappa shape index (κ3) is 7.26. The number of sulfone groups is 1. The molecule has 0 atom stereocenters. The molecule has 0 aromatic heterocycles. The quantitative estimate of drug-likeness (QED) is 0.146. The van der Waals surface area contributed by atoms with E-state index in [0.717, 1.165) is 31.4 Å². The zero-order chi connectivity index (χ0) is 31.0. The van der Waals surface area contributed by atoms with Crippen molar-refractivity contribution in [1.82, 2.24) is 0 Å². The van der Waals surface area contributed by atoms with Crippen LogP contribution in [0.2, 0.25) is 0 Å². The molecule has 5 N–H and O–H groups in total. The molecule has 0 amide bonds. The molecule has 0 bridgehead atoms. The third-order valence-corrected chi connectivity index (χ3v) is 9.27. The van der Waals surface area contributed by atoms with Gasteiger partial charge in [0.1, 0.15) is 26.1 Å². The van der Waals surface area contributed by atoms with E-state index in [0.29, 0.717) is 6.07 Å². The topological polar surface area (TPSA) is 273 Å². The zero-order valence-corrected chi connectivity index (χ0v) is 24.0. The van der Waals surface area contributed by atoms with Crippen molar-refractivity contribution in [2.45, 2.75) is 14.7 Å². The molecule has 0 aliphatic rings. The van der Waals surface area contributed by atoms with Gasteiger partial charge in [0.2, 0.25) is 0 Å². The highest BCUT2D eigenvalue weighted by molar-refractivity contribution is 7.91. The van der Waals surface area contributed by atoms with Crippen molar-refractivity contribution < 1.29 is 61.4 Å². The van der Waals surface area contributed by atoms with E-state index in [2.05, 4.69) is 19.7 Å². The van der Waals surface area contributed by atoms with Crippen LogP contribution in [-0.2, 0) is 44.7 Å². The first kappa shape index (κ1) is 32.1. The van der Waals surface area contributed by atoms with Gasteiger partial charge in [-0.15, -0.1) is 5.11 Å². The standard InChI is InChI=1S/C20H21N3O14S4/c1-21-13-4-6-15(39(27,28)29)12-10-17(40(30,31)32)19(20(24)18(12)13)23-22-11-3-5-14(36-2)16(9-11)38(25,26)8-7-37-41(33,34)35/h3-6,9-10,21,24H,7-8H2,1-2H3,(H,27,28,29)(H,30,31,32)(H,33,34,35)/b23-22+. The minimum Gasteiger partial charge on any atom is -0.505 e. The fourth-order valence-corrected chi connectivity index (χ4v) is 6.61. The van der Waals surface area contributed by atoms with E-state index in [-0.39, 0.29) is 22.5 Å². The lowest BCUT2D eigenvalue weighted by Crippen LogP contribution is -2.16. The lowest BCUT2D eigenvalue weighted by Gasteiger charge is -2.14. The number of azo groups is 1. The van der Waals surface area contributed by atoms with E-state index in [1.54, 1.807) is 0 Å². The van der Waals surface area contributed by atoms with Crippen LogP contribution in [-0.4, -0.2) is 79.0 Å². The average Bonchev–Trinajstić information content (AvgIpc) is 2.85. The van der Waals surface area contributed by atoms with Gasteiger partial charge in [-0.2, -0.15) is 30.4 Å². The van der Waals surface area contributed by atoms with E-state index < -0.39 is 84.3 Å². The number of anilines is 1. The van der Waals surface area contributed by atoms with Crippen LogP contribution < -0.4 is 10.1 Å². The largest absolute Gasteiger partial charge is 0.505 e. The molecule has 0 saturated heterocycles. The number of phenolic OH excluding ortho intramolecular Hbond substituents is 1. The van der Waals surface area contributed by atoms with Crippen molar-refractivity contribution in [1.29, 1.82) is 0 Å². The van der Waals surface area contributed by atoms with E-state index in [4.69, 9.17) is 9.29 Å². The Morgan fingerprint density at radius 3 is 2.00 bits per heavy atom. The fourth-order valence-electron chi connectivity index (χ4n) is 3.60. The Balaban J connectivity index is 2.23. The number of benzene rings is 3. The summed E-state index contributed by atoms with van der Waals surface area (Å²) in [4.78, 5) is -2.42. The van der Waals surface area contributed by atoms with Gasteiger partial charge >= 0.3 is 10.4 Å². The molecule has 0 saturated carbocycles. The highest BCUT2D eigenvalue weighted by atomic mass is 32.3. The number of phenols is 1. The van der Waals surface area contributed by atoms with E-state index >= 15 is 0 Å². The fraction of sp³-hybridized carbons (Fsp3) is 0.200. The summed E-state index contributed by atoms with van der Waals surface area (Å²) in [6, 6.07) is 5.94. The lowest BCUT2D eigenvalue weighted by molar-refractivity contribution is 0.283. The Kier molecular flexibility index (Phi) is 8.95. The molecule has 0 spiro atoms. The number of nitrogens with one attached hydrogen (secondary N) is 1. The number of aromatic hydroxyl groups is 1. The van der Waals surface area contributed by atoms with Crippen molar-refractivity contribution in [3.05, 3.63) is 36.4 Å². The van der Waals surface area contributed by atoms with Crippen LogP contribution in [0.1, 0.15) is 0 Å². The summed E-state index contributed by atoms with van der Waals surface area (Å²) in [7, 11) is -16.9. The van der Waals surface area contributed by atoms with Gasteiger partial charge in [-0.25, -0.2) is 12.6 Å². The second-order valence-electron chi connectivity index (χ2n) is 7.91. The van der Waals surface area contributed by atoms with Crippen LogP contribution >= 0.6 is 0 Å². The Morgan fingerprint density at radius 2 is 1.46 bits per heavy atom. The zero-order valence-electron chi connectivity index (χ0n) is 20.8. The molecular formula is C20H21N3O14S4. The normalized spacial score (nSPS) is 13.1. The number of rotatable bonds is 11. The molecule has 0 heterocycles. The van der Waals surface area contributed by atoms with Gasteiger partial charge in [-0.05, 0) is 36.4 Å². The molecule has 21 heteroatoms. The second kappa shape index (κ2) is 11.4. The lowest BCUT2D eigenvalue weighted by atomic mass is 10.1. The van der Waals surface area contributed by atoms with Gasteiger partial charge in [0, 0.05) is 18.1 Å². The molecule has 0 radical (unpaired) electrons. The maximum atomic E-state index is 12.8. The van der Waals surface area contributed by atoms with E-state index in [1.807, 2.05) is 0 Å². The molecule has 3 aromatic carbocycles. The van der Waals surface area contributed by atoms with Crippen molar-refractivity contribution in [2.75, 3.05) is 31.8 Å². The second-order valence-corrected chi connectivity index (χ2v) is 13.9. The summed E-state index contributed by atoms with van der Waals surface area (Å²) >= 11 is 0. The molecule has 3 rings (SSSR count). The minimum atomic E-state index is -5.21. The summed E-state index contributed by atoms with van der Waals surface area (Å²) in [6.45, 7) is -0.946. The molecule has 0 fully saturated rings. The van der Waals surface area contributed by atoms with Crippen LogP contribution in [0.5, 0.6) is 11.5 Å². The van der Waals surface area contributed by atoms with Crippen LogP contribution in [0.15, 0.2) is 61.3 Å². The van der Waals surface area contributed by atoms with E-state index in [9.17, 15) is 47.9 Å². The molecular weight excluding hydrogens is 634 g/mol. The predicted octanol–water partition coefficient (Wildman–Crippen LogP) is 2.10. The molecule has 0 aliphatic carbocycles. The first-order chi connectivity index (χ1) is 18.8. The Bertz CT molecular complexity index is 1990. The highest BCUT2D eigenvalue weighted by Crippen LogP contribution is 2.46. The number of fused-ring (bicyclic) bond motifs is 1. The van der Waals surface area contributed by atoms with Crippen molar-refractivity contribution in [2.24, 2.45) is 10.2 Å². The van der Waals surface area contributed by atoms with Gasteiger partial charge in [-0.1, -0.05) is 0 Å². The minimum absolute atomic E-state index is 0.0631. The van der Waals surface area contributed by atoms with Crippen molar-refractivity contribution in [3.8, 4) is 11.5 Å². The first-order valence-electron chi connectivity index (χ1n) is 10.7. The van der Waals surface area contributed by atoms with Gasteiger partial charge in [0.15, 0.2) is 15.6 Å². The molecule has 224 valence electrons. The summed E-state index contributed by atoms with van der Waals surface area (Å²) in [5.74, 6) is -2.11. The monoisotopic (exact) mass is 655 g/mol. The van der Waals surface area contributed by atoms with Crippen LogP contribution in [0.3, 0.4) is 0 Å². The van der Waals surface area contributed by atoms with Crippen LogP contribution in [0, 0.1) is 0 Å². The molecule has 17 nitrogen and oxygen atoms in total. The van der Waals surface area contributed by atoms with E-state index in [1.165, 1.54) is 13.1 Å². The van der Waals surface area contributed by atoms with Gasteiger partial charge in [0.05, 0.1) is 30.5 Å². The summed E-state index contributed by atoms with van der Waals surface area (Å²) in [6.07, 6.45) is 0. The molecule has 0 aliphatic heterocycles. The van der Waals surface area contributed by atoms with Crippen molar-refractivity contribution >= 4 is 68.3 Å². The molecule has 3 aromatic rings. The number of methoxy groups -OCH3 is 1. The van der Waals surface area contributed by atoms with Gasteiger partial charge in [0.25, 0.3) is 20.2 Å². The maximum Gasteiger partial charge on any atom is 0.397 e. The van der Waals surface area contributed by atoms with Crippen molar-refractivity contribution in [3.63, 3.8) is 0 Å². The van der Waals surface area contributed by atoms with Crippen LogP contribution in [0.25, 0.3) is 10.8 Å². The number of hydrogen-bond donors (Lipinski definition) is 5. The van der Waals surface area contributed by atoms with Crippen LogP contribution in [0.4, 0.5) is 17.1 Å². The number of nitrogens with zero attached hydrogens (tertiary/aromatic N) is 2. The summed E-state index contributed by atoms with van der Waals surface area (Å²) < 4.78 is 132. The Labute approximate surface area is 233 Å². The average molecular weight is 656 g/mol. The predicted molar refractivity (Wildman–Crippen MR) is 142 cm³/mol. The molecule has 41 heavy (non-hydrogen) atoms. The number of hydrogen-bond acceptors (Lipinski definition) is 14. The summed E-state index contributed by atoms with van der Waals surface area (Å²) in [5, 5.41) is 20.2. The third-order valence-electron chi connectivity index (χ3n) is 5.33. The van der Waals surface area contributed by atoms with Gasteiger partial charge in [-0.3, -0.25) is 13.7 Å². The number of ether oxygens (including phenoxy) is 1. The van der Waals surface area contributed by atoms with Gasteiger partial charge < -0.3 is 15.2 Å². The first-order valence-corrected chi connectivity index (χ1v) is 16.6. The summed E-state index contributed by atoms with van der Waals surface area (Å²) in [5.41, 5.74) is -1.07. The Hall–Kier alpha value is -3.44. The maximum absolute atomic E-state index is 12.8. The smallest absolute Gasteiger partial charge is 0.397 e. The molecule has 0 unspecified atom stereocenters. The highest BCUT2D eigenvalue weighted by Gasteiger charge is 2.27. The Morgan fingerprint density at radius 1 is 0.829 bits per heavy atom. The SMILES string of the molecule is CNc1ccc(S(=O)(=O)O)c2cc(S(=O)(=O)O)c(/N=N/c3ccc(OC)c(S(=O)(=O)CCOS(=O)(=O)O)c3)c(O)c12.